The number of hydrogen-bond acceptors (Lipinski definition) is 7. The highest BCUT2D eigenvalue weighted by Gasteiger charge is 2.26. The van der Waals surface area contributed by atoms with E-state index in [1.54, 1.807) is 18.9 Å². The average Bonchev–Trinajstić information content (AvgIpc) is 3.44. The van der Waals surface area contributed by atoms with Crippen molar-refractivity contribution in [3.05, 3.63) is 29.5 Å². The molecule has 0 bridgehead atoms. The lowest BCUT2D eigenvalue weighted by atomic mass is 9.96. The zero-order chi connectivity index (χ0) is 19.3. The van der Waals surface area contributed by atoms with Crippen LogP contribution in [0.15, 0.2) is 21.7 Å². The fourth-order valence-electron chi connectivity index (χ4n) is 4.05. The maximum Gasteiger partial charge on any atom is 0.191 e. The first-order valence-corrected chi connectivity index (χ1v) is 11.1. The molecule has 0 radical (unpaired) electrons. The van der Waals surface area contributed by atoms with E-state index in [-0.39, 0.29) is 0 Å². The quantitative estimate of drug-likeness (QED) is 0.624. The topological polar surface area (TPSA) is 65.6 Å². The van der Waals surface area contributed by atoms with Crippen molar-refractivity contribution in [1.82, 2.24) is 19.7 Å². The number of furan rings is 1. The molecular weight excluding hydrogens is 376 g/mol. The monoisotopic (exact) mass is 406 g/mol. The SMILES string of the molecule is COCc1ccc(CN2CCC(c3nnc(SC[C@H]4CCCO4)n3C)CC2)o1. The summed E-state index contributed by atoms with van der Waals surface area (Å²) in [7, 11) is 3.78. The lowest BCUT2D eigenvalue weighted by molar-refractivity contribution is 0.129. The minimum atomic E-state index is 0.374. The van der Waals surface area contributed by atoms with Gasteiger partial charge in [0.2, 0.25) is 0 Å². The second-order valence-electron chi connectivity index (χ2n) is 7.70. The molecule has 8 heteroatoms. The molecule has 0 spiro atoms. The van der Waals surface area contributed by atoms with Crippen LogP contribution in [0.5, 0.6) is 0 Å². The summed E-state index contributed by atoms with van der Waals surface area (Å²) in [5, 5.41) is 9.97. The van der Waals surface area contributed by atoms with Gasteiger partial charge < -0.3 is 18.5 Å². The van der Waals surface area contributed by atoms with Gasteiger partial charge in [-0.05, 0) is 50.9 Å². The predicted molar refractivity (Wildman–Crippen MR) is 107 cm³/mol. The van der Waals surface area contributed by atoms with Gasteiger partial charge in [-0.1, -0.05) is 11.8 Å². The lowest BCUT2D eigenvalue weighted by Gasteiger charge is -2.30. The van der Waals surface area contributed by atoms with Gasteiger partial charge in [0.05, 0.1) is 12.6 Å². The van der Waals surface area contributed by atoms with Gasteiger partial charge in [-0.3, -0.25) is 4.90 Å². The Hall–Kier alpha value is -1.35. The Morgan fingerprint density at radius 3 is 2.75 bits per heavy atom. The van der Waals surface area contributed by atoms with Crippen LogP contribution in [-0.4, -0.2) is 58.3 Å². The van der Waals surface area contributed by atoms with Gasteiger partial charge in [-0.25, -0.2) is 0 Å². The van der Waals surface area contributed by atoms with E-state index in [2.05, 4.69) is 32.8 Å². The van der Waals surface area contributed by atoms with Crippen LogP contribution in [0.2, 0.25) is 0 Å². The summed E-state index contributed by atoms with van der Waals surface area (Å²) in [6, 6.07) is 4.06. The molecule has 0 N–H and O–H groups in total. The molecular formula is C20H30N4O3S. The van der Waals surface area contributed by atoms with E-state index < -0.39 is 0 Å². The third-order valence-corrected chi connectivity index (χ3v) is 6.78. The van der Waals surface area contributed by atoms with Gasteiger partial charge in [0, 0.05) is 32.4 Å². The maximum absolute atomic E-state index is 5.82. The smallest absolute Gasteiger partial charge is 0.191 e. The number of likely N-dealkylation sites (tertiary alicyclic amines) is 1. The third-order valence-electron chi connectivity index (χ3n) is 5.63. The van der Waals surface area contributed by atoms with Gasteiger partial charge in [0.25, 0.3) is 0 Å². The Bertz CT molecular complexity index is 748. The van der Waals surface area contributed by atoms with Crippen LogP contribution in [0.1, 0.15) is 48.9 Å². The molecule has 7 nitrogen and oxygen atoms in total. The summed E-state index contributed by atoms with van der Waals surface area (Å²) >= 11 is 1.77. The largest absolute Gasteiger partial charge is 0.462 e. The number of methoxy groups -OCH3 is 1. The van der Waals surface area contributed by atoms with E-state index in [1.165, 1.54) is 12.8 Å². The van der Waals surface area contributed by atoms with E-state index in [1.807, 2.05) is 6.07 Å². The van der Waals surface area contributed by atoms with Crippen molar-refractivity contribution in [2.24, 2.45) is 7.05 Å². The van der Waals surface area contributed by atoms with Crippen molar-refractivity contribution in [3.63, 3.8) is 0 Å². The molecule has 0 amide bonds. The van der Waals surface area contributed by atoms with Crippen molar-refractivity contribution in [1.29, 1.82) is 0 Å². The minimum Gasteiger partial charge on any atom is -0.462 e. The molecule has 0 aromatic carbocycles. The van der Waals surface area contributed by atoms with Crippen molar-refractivity contribution >= 4 is 11.8 Å². The average molecular weight is 407 g/mol. The zero-order valence-corrected chi connectivity index (χ0v) is 17.6. The summed E-state index contributed by atoms with van der Waals surface area (Å²) in [5.41, 5.74) is 0. The highest BCUT2D eigenvalue weighted by atomic mass is 32.2. The Kier molecular flexibility index (Phi) is 6.72. The van der Waals surface area contributed by atoms with E-state index in [4.69, 9.17) is 13.9 Å². The molecule has 2 aromatic heterocycles. The van der Waals surface area contributed by atoms with Gasteiger partial charge in [-0.15, -0.1) is 10.2 Å². The number of hydrogen-bond donors (Lipinski definition) is 0. The fourth-order valence-corrected chi connectivity index (χ4v) is 5.03. The third kappa shape index (κ3) is 4.79. The molecule has 0 unspecified atom stereocenters. The Morgan fingerprint density at radius 2 is 2.00 bits per heavy atom. The molecule has 0 aliphatic carbocycles. The van der Waals surface area contributed by atoms with Gasteiger partial charge in [-0.2, -0.15) is 0 Å². The molecule has 2 aliphatic rings. The highest BCUT2D eigenvalue weighted by molar-refractivity contribution is 7.99. The van der Waals surface area contributed by atoms with Crippen LogP contribution in [0.25, 0.3) is 0 Å². The summed E-state index contributed by atoms with van der Waals surface area (Å²) in [6.45, 7) is 4.39. The van der Waals surface area contributed by atoms with Crippen molar-refractivity contribution in [3.8, 4) is 0 Å². The molecule has 1 atom stereocenters. The van der Waals surface area contributed by atoms with Gasteiger partial charge in [0.15, 0.2) is 5.16 Å². The number of nitrogens with zero attached hydrogens (tertiary/aromatic N) is 4. The van der Waals surface area contributed by atoms with Gasteiger partial charge in [0.1, 0.15) is 24.0 Å². The van der Waals surface area contributed by atoms with Crippen LogP contribution in [0.3, 0.4) is 0 Å². The normalized spacial score (nSPS) is 21.6. The van der Waals surface area contributed by atoms with Crippen LogP contribution in [0.4, 0.5) is 0 Å². The van der Waals surface area contributed by atoms with Crippen LogP contribution < -0.4 is 0 Å². The Balaban J connectivity index is 1.27. The number of ether oxygens (including phenoxy) is 2. The maximum atomic E-state index is 5.82. The standard InChI is InChI=1S/C20H30N4O3S/c1-23-19(21-22-20(23)28-14-18-4-3-11-26-18)15-7-9-24(10-8-15)12-16-5-6-17(27-16)13-25-2/h5-6,15,18H,3-4,7-14H2,1-2H3/t18-/m1/s1. The number of rotatable bonds is 8. The first-order valence-electron chi connectivity index (χ1n) is 10.2. The van der Waals surface area contributed by atoms with Crippen molar-refractivity contribution in [2.45, 2.75) is 56.0 Å². The molecule has 28 heavy (non-hydrogen) atoms. The Morgan fingerprint density at radius 1 is 1.18 bits per heavy atom. The zero-order valence-electron chi connectivity index (χ0n) is 16.8. The summed E-state index contributed by atoms with van der Waals surface area (Å²) < 4.78 is 18.8. The molecule has 2 fully saturated rings. The molecule has 4 rings (SSSR count). The number of thioether (sulfide) groups is 1. The van der Waals surface area contributed by atoms with E-state index in [9.17, 15) is 0 Å². The first kappa shape index (κ1) is 19.9. The molecule has 2 aromatic rings. The fraction of sp³-hybridized carbons (Fsp3) is 0.700. The van der Waals surface area contributed by atoms with E-state index in [0.29, 0.717) is 18.6 Å². The van der Waals surface area contributed by atoms with E-state index in [0.717, 1.165) is 67.3 Å². The second kappa shape index (κ2) is 9.43. The highest BCUT2D eigenvalue weighted by Crippen LogP contribution is 2.30. The first-order chi connectivity index (χ1) is 13.7. The van der Waals surface area contributed by atoms with Crippen LogP contribution >= 0.6 is 11.8 Å². The van der Waals surface area contributed by atoms with Crippen LogP contribution in [-0.2, 0) is 29.7 Å². The summed E-state index contributed by atoms with van der Waals surface area (Å²) in [4.78, 5) is 2.45. The summed E-state index contributed by atoms with van der Waals surface area (Å²) in [6.07, 6.45) is 4.93. The summed E-state index contributed by atoms with van der Waals surface area (Å²) in [5.74, 6) is 4.47. The lowest BCUT2D eigenvalue weighted by Crippen LogP contribution is -2.33. The number of aromatic nitrogens is 3. The molecule has 2 aliphatic heterocycles. The molecule has 154 valence electrons. The number of piperidine rings is 1. The Labute approximate surface area is 170 Å². The van der Waals surface area contributed by atoms with Crippen LogP contribution in [0, 0.1) is 0 Å². The molecule has 4 heterocycles. The van der Waals surface area contributed by atoms with Crippen molar-refractivity contribution in [2.75, 3.05) is 32.6 Å². The predicted octanol–water partition coefficient (Wildman–Crippen LogP) is 3.21. The molecule has 0 saturated carbocycles. The second-order valence-corrected chi connectivity index (χ2v) is 8.68. The van der Waals surface area contributed by atoms with Gasteiger partial charge >= 0.3 is 0 Å². The molecule has 2 saturated heterocycles. The van der Waals surface area contributed by atoms with Crippen molar-refractivity contribution < 1.29 is 13.9 Å². The van der Waals surface area contributed by atoms with E-state index >= 15 is 0 Å². The minimum absolute atomic E-state index is 0.374.